The van der Waals surface area contributed by atoms with Crippen LogP contribution in [0.1, 0.15) is 17.4 Å². The van der Waals surface area contributed by atoms with Crippen LogP contribution in [0.25, 0.3) is 0 Å². The largest absolute Gasteiger partial charge is 0.431 e. The predicted octanol–water partition coefficient (Wildman–Crippen LogP) is 3.03. The van der Waals surface area contributed by atoms with E-state index in [1.807, 2.05) is 12.1 Å². The quantitative estimate of drug-likeness (QED) is 0.417. The molecule has 0 saturated carbocycles. The van der Waals surface area contributed by atoms with Crippen molar-refractivity contribution in [3.63, 3.8) is 0 Å². The summed E-state index contributed by atoms with van der Waals surface area (Å²) < 4.78 is 8.19. The normalized spacial score (nSPS) is 11.7. The van der Waals surface area contributed by atoms with Gasteiger partial charge in [0.2, 0.25) is 5.62 Å². The highest BCUT2D eigenvalue weighted by Crippen LogP contribution is 2.27. The molecule has 0 aliphatic carbocycles. The highest BCUT2D eigenvalue weighted by molar-refractivity contribution is 7.13. The van der Waals surface area contributed by atoms with E-state index in [9.17, 15) is 9.59 Å². The Morgan fingerprint density at radius 2 is 1.85 bits per heavy atom. The van der Waals surface area contributed by atoms with Crippen molar-refractivity contribution in [1.82, 2.24) is 19.1 Å². The number of nitrogens with zero attached hydrogens (tertiary/aromatic N) is 4. The minimum absolute atomic E-state index is 0.0934. The van der Waals surface area contributed by atoms with Crippen LogP contribution in [-0.4, -0.2) is 24.2 Å². The van der Waals surface area contributed by atoms with Gasteiger partial charge >= 0.3 is 11.4 Å². The second-order valence-electron chi connectivity index (χ2n) is 6.95. The van der Waals surface area contributed by atoms with E-state index in [2.05, 4.69) is 15.0 Å². The fourth-order valence-electron chi connectivity index (χ4n) is 3.06. The molecule has 0 fully saturated rings. The van der Waals surface area contributed by atoms with Crippen LogP contribution in [0.2, 0.25) is 5.02 Å². The first-order valence-corrected chi connectivity index (χ1v) is 11.2. The monoisotopic (exact) mass is 485 g/mol. The van der Waals surface area contributed by atoms with Crippen molar-refractivity contribution >= 4 is 28.6 Å². The summed E-state index contributed by atoms with van der Waals surface area (Å²) in [6.45, 7) is 2.08. The lowest BCUT2D eigenvalue weighted by Crippen LogP contribution is -2.49. The molecular weight excluding hydrogens is 466 g/mol. The van der Waals surface area contributed by atoms with Gasteiger partial charge in [0, 0.05) is 17.8 Å². The number of rotatable bonds is 7. The number of nitrogens with one attached hydrogen (secondary N) is 1. The number of aliphatic hydroxyl groups excluding tert-OH is 1. The number of thiazole rings is 1. The topological polar surface area (TPSA) is 114 Å². The molecule has 2 aromatic carbocycles. The Morgan fingerprint density at radius 3 is 2.48 bits per heavy atom. The fraction of sp³-hybridized carbons (Fsp3) is 0.182. The first kappa shape index (κ1) is 22.7. The van der Waals surface area contributed by atoms with Gasteiger partial charge in [0.05, 0.1) is 23.7 Å². The molecule has 0 aliphatic rings. The Bertz CT molecular complexity index is 1440. The van der Waals surface area contributed by atoms with Gasteiger partial charge in [-0.25, -0.2) is 24.1 Å². The number of hydrogen-bond acceptors (Lipinski definition) is 7. The van der Waals surface area contributed by atoms with Crippen LogP contribution >= 0.6 is 22.9 Å². The smallest absolute Gasteiger partial charge is 0.335 e. The van der Waals surface area contributed by atoms with Gasteiger partial charge in [-0.1, -0.05) is 35.1 Å². The van der Waals surface area contributed by atoms with Crippen molar-refractivity contribution in [3.8, 4) is 10.9 Å². The number of hydrogen-bond donors (Lipinski definition) is 2. The molecule has 9 nitrogen and oxygen atoms in total. The van der Waals surface area contributed by atoms with Gasteiger partial charge in [0.1, 0.15) is 5.75 Å². The summed E-state index contributed by atoms with van der Waals surface area (Å²) >= 11 is 7.21. The maximum atomic E-state index is 13.0. The first-order chi connectivity index (χ1) is 16.0. The number of ether oxygens (including phenoxy) is 1. The van der Waals surface area contributed by atoms with Gasteiger partial charge in [-0.3, -0.25) is 9.55 Å². The third kappa shape index (κ3) is 5.30. The van der Waals surface area contributed by atoms with E-state index >= 15 is 0 Å². The molecule has 4 aromatic rings. The van der Waals surface area contributed by atoms with Crippen LogP contribution in [0.15, 0.2) is 69.3 Å². The summed E-state index contributed by atoms with van der Waals surface area (Å²) in [7, 11) is 0. The maximum Gasteiger partial charge on any atom is 0.335 e. The van der Waals surface area contributed by atoms with Crippen LogP contribution < -0.4 is 21.7 Å². The highest BCUT2D eigenvalue weighted by Gasteiger charge is 2.09. The van der Waals surface area contributed by atoms with Crippen molar-refractivity contribution in [2.45, 2.75) is 26.6 Å². The molecular formula is C22H20ClN5O4S. The highest BCUT2D eigenvalue weighted by atomic mass is 35.5. The van der Waals surface area contributed by atoms with Gasteiger partial charge in [-0.2, -0.15) is 0 Å². The average molecular weight is 486 g/mol. The Labute approximate surface area is 196 Å². The van der Waals surface area contributed by atoms with E-state index in [1.54, 1.807) is 49.5 Å². The van der Waals surface area contributed by atoms with Crippen molar-refractivity contribution in [2.24, 2.45) is 4.99 Å². The number of halogens is 1. The molecule has 4 rings (SSSR count). The van der Waals surface area contributed by atoms with Crippen molar-refractivity contribution in [2.75, 3.05) is 0 Å². The molecule has 0 amide bonds. The fourth-order valence-corrected chi connectivity index (χ4v) is 3.82. The van der Waals surface area contributed by atoms with E-state index < -0.39 is 11.4 Å². The Hall–Kier alpha value is -3.47. The number of benzene rings is 2. The SMILES string of the molecule is CCn1c(=O)[nH]/c(=N\c2ccc(Oc3ncc(CO)s3)cc2)n(Cc2ccc(Cl)cc2)c1=O. The van der Waals surface area contributed by atoms with E-state index in [-0.39, 0.29) is 25.3 Å². The average Bonchev–Trinajstić information content (AvgIpc) is 3.27. The molecule has 2 heterocycles. The van der Waals surface area contributed by atoms with E-state index in [4.69, 9.17) is 21.4 Å². The second-order valence-corrected chi connectivity index (χ2v) is 8.47. The van der Waals surface area contributed by atoms with Gasteiger partial charge in [-0.05, 0) is 48.9 Å². The molecule has 0 saturated heterocycles. The number of aliphatic hydroxyl groups is 1. The minimum atomic E-state index is -0.531. The van der Waals surface area contributed by atoms with Crippen LogP contribution in [0.5, 0.6) is 10.9 Å². The molecule has 0 bridgehead atoms. The molecule has 0 radical (unpaired) electrons. The van der Waals surface area contributed by atoms with E-state index in [1.165, 1.54) is 15.9 Å². The Morgan fingerprint density at radius 1 is 1.12 bits per heavy atom. The third-order valence-electron chi connectivity index (χ3n) is 4.72. The van der Waals surface area contributed by atoms with Crippen molar-refractivity contribution in [3.05, 3.63) is 96.8 Å². The molecule has 11 heteroatoms. The van der Waals surface area contributed by atoms with Crippen molar-refractivity contribution in [1.29, 1.82) is 0 Å². The molecule has 0 unspecified atom stereocenters. The zero-order chi connectivity index (χ0) is 23.4. The third-order valence-corrected chi connectivity index (χ3v) is 5.83. The lowest BCUT2D eigenvalue weighted by molar-refractivity contribution is 0.285. The van der Waals surface area contributed by atoms with Gasteiger partial charge in [0.25, 0.3) is 5.19 Å². The minimum Gasteiger partial charge on any atom is -0.431 e. The molecule has 0 atom stereocenters. The number of aromatic nitrogens is 4. The Balaban J connectivity index is 1.69. The molecule has 170 valence electrons. The predicted molar refractivity (Wildman–Crippen MR) is 125 cm³/mol. The van der Waals surface area contributed by atoms with E-state index in [0.717, 1.165) is 10.1 Å². The summed E-state index contributed by atoms with van der Waals surface area (Å²) in [5.41, 5.74) is 0.495. The van der Waals surface area contributed by atoms with Gasteiger partial charge in [-0.15, -0.1) is 0 Å². The van der Waals surface area contributed by atoms with Crippen LogP contribution in [0.4, 0.5) is 5.69 Å². The maximum absolute atomic E-state index is 13.0. The lowest BCUT2D eigenvalue weighted by atomic mass is 10.2. The number of H-pyrrole nitrogens is 1. The second kappa shape index (κ2) is 9.99. The van der Waals surface area contributed by atoms with Crippen LogP contribution in [0.3, 0.4) is 0 Å². The van der Waals surface area contributed by atoms with Crippen molar-refractivity contribution < 1.29 is 9.84 Å². The van der Waals surface area contributed by atoms with E-state index in [0.29, 0.717) is 26.5 Å². The summed E-state index contributed by atoms with van der Waals surface area (Å²) in [5.74, 6) is 0.539. The summed E-state index contributed by atoms with van der Waals surface area (Å²) in [4.78, 5) is 37.3. The molecule has 0 aliphatic heterocycles. The van der Waals surface area contributed by atoms with Crippen LogP contribution in [-0.2, 0) is 19.7 Å². The molecule has 2 aromatic heterocycles. The van der Waals surface area contributed by atoms with Crippen LogP contribution in [0, 0.1) is 0 Å². The van der Waals surface area contributed by atoms with Gasteiger partial charge < -0.3 is 9.84 Å². The standard InChI is InChI=1S/C22H20ClN5O4S/c1-2-27-20(30)26-19(28(22(27)31)12-14-3-5-15(23)6-4-14)25-16-7-9-17(10-8-16)32-21-24-11-18(13-29)33-21/h3-11,29H,2,12-13H2,1H3,(H,25,26,30). The summed E-state index contributed by atoms with van der Waals surface area (Å²) in [6, 6.07) is 13.9. The summed E-state index contributed by atoms with van der Waals surface area (Å²) in [6.07, 6.45) is 1.55. The summed E-state index contributed by atoms with van der Waals surface area (Å²) in [5, 5.41) is 10.1. The van der Waals surface area contributed by atoms with Gasteiger partial charge in [0.15, 0.2) is 0 Å². The Kier molecular flexibility index (Phi) is 6.87. The first-order valence-electron chi connectivity index (χ1n) is 10.0. The molecule has 0 spiro atoms. The zero-order valence-electron chi connectivity index (χ0n) is 17.6. The molecule has 2 N–H and O–H groups in total. The number of aromatic amines is 1. The zero-order valence-corrected chi connectivity index (χ0v) is 19.1. The molecule has 33 heavy (non-hydrogen) atoms. The lowest BCUT2D eigenvalue weighted by Gasteiger charge is -2.10.